The van der Waals surface area contributed by atoms with Crippen molar-refractivity contribution < 1.29 is 22.8 Å². The van der Waals surface area contributed by atoms with Crippen molar-refractivity contribution in [3.05, 3.63) is 80.4 Å². The first-order chi connectivity index (χ1) is 20.6. The molecule has 12 heteroatoms. The van der Waals surface area contributed by atoms with E-state index in [1.165, 1.54) is 6.07 Å². The Kier molecular flexibility index (Phi) is 8.04. The van der Waals surface area contributed by atoms with Crippen LogP contribution >= 0.6 is 11.6 Å². The Labute approximate surface area is 251 Å². The monoisotopic (exact) mass is 613 g/mol. The van der Waals surface area contributed by atoms with Crippen LogP contribution in [0.4, 0.5) is 19.0 Å². The molecule has 0 unspecified atom stereocenters. The number of aromatic nitrogens is 2. The first kappa shape index (κ1) is 29.4. The number of halogens is 4. The van der Waals surface area contributed by atoms with Gasteiger partial charge in [-0.05, 0) is 85.7 Å². The van der Waals surface area contributed by atoms with Gasteiger partial charge in [-0.15, -0.1) is 0 Å². The summed E-state index contributed by atoms with van der Waals surface area (Å²) >= 11 is 6.20. The van der Waals surface area contributed by atoms with E-state index in [-0.39, 0.29) is 33.9 Å². The van der Waals surface area contributed by atoms with Crippen LogP contribution in [0.3, 0.4) is 0 Å². The van der Waals surface area contributed by atoms with Crippen molar-refractivity contribution in [1.29, 1.82) is 0 Å². The number of nitrogens with zero attached hydrogens (tertiary/aromatic N) is 3. The molecule has 43 heavy (non-hydrogen) atoms. The third-order valence-corrected chi connectivity index (χ3v) is 8.07. The summed E-state index contributed by atoms with van der Waals surface area (Å²) in [5, 5.41) is 6.21. The third-order valence-electron chi connectivity index (χ3n) is 7.84. The number of pyridine rings is 2. The van der Waals surface area contributed by atoms with Gasteiger partial charge in [0, 0.05) is 41.0 Å². The predicted molar refractivity (Wildman–Crippen MR) is 157 cm³/mol. The lowest BCUT2D eigenvalue weighted by molar-refractivity contribution is -0.113. The number of amides is 2. The average Bonchev–Trinajstić information content (AvgIpc) is 3.87. The van der Waals surface area contributed by atoms with E-state index >= 15 is 0 Å². The second-order valence-electron chi connectivity index (χ2n) is 11.5. The minimum absolute atomic E-state index is 0.0297. The maximum atomic E-state index is 13.5. The van der Waals surface area contributed by atoms with Crippen molar-refractivity contribution >= 4 is 29.2 Å². The molecule has 1 aliphatic heterocycles. The van der Waals surface area contributed by atoms with Gasteiger partial charge in [0.15, 0.2) is 0 Å². The lowest BCUT2D eigenvalue weighted by Gasteiger charge is -2.39. The number of nitrogens with one attached hydrogen (secondary N) is 2. The first-order valence-electron chi connectivity index (χ1n) is 14.4. The van der Waals surface area contributed by atoms with Gasteiger partial charge in [0.1, 0.15) is 11.4 Å². The number of likely N-dealkylation sites (tertiary alicyclic amines) is 1. The zero-order valence-corrected chi connectivity index (χ0v) is 24.1. The smallest absolute Gasteiger partial charge is 0.282 e. The quantitative estimate of drug-likeness (QED) is 0.276. The molecule has 0 spiro atoms. The standard InChI is InChI=1S/C31H31ClF3N5O3/c32-21-4-7-23(24(13-21)29(42)39-16-31(34,35)17-39)20-11-26(19-2-3-19)37-27(12-20)38-28(41)25-10-18(14-36-9-1-8-33)15-40(30(25)43)22-5-6-22/h4,7,10-13,15,19,22,36H,1-3,5-6,8-9,14,16-17H2,(H,37,38,41). The Morgan fingerprint density at radius 1 is 1.05 bits per heavy atom. The van der Waals surface area contributed by atoms with E-state index in [1.54, 1.807) is 35.0 Å². The number of hydrogen-bond donors (Lipinski definition) is 2. The van der Waals surface area contributed by atoms with Crippen LogP contribution in [-0.2, 0) is 6.54 Å². The lowest BCUT2D eigenvalue weighted by atomic mass is 9.96. The summed E-state index contributed by atoms with van der Waals surface area (Å²) in [4.78, 5) is 45.7. The fraction of sp³-hybridized carbons (Fsp3) is 0.419. The highest BCUT2D eigenvalue weighted by molar-refractivity contribution is 6.31. The van der Waals surface area contributed by atoms with Gasteiger partial charge >= 0.3 is 0 Å². The van der Waals surface area contributed by atoms with Crippen molar-refractivity contribution in [1.82, 2.24) is 19.8 Å². The van der Waals surface area contributed by atoms with Gasteiger partial charge in [-0.25, -0.2) is 13.8 Å². The zero-order chi connectivity index (χ0) is 30.3. The molecule has 2 amide bonds. The summed E-state index contributed by atoms with van der Waals surface area (Å²) in [6, 6.07) is 9.75. The van der Waals surface area contributed by atoms with Crippen LogP contribution in [0.1, 0.15) is 76.0 Å². The molecule has 3 aromatic rings. The van der Waals surface area contributed by atoms with Crippen LogP contribution in [0.2, 0.25) is 5.02 Å². The molecule has 226 valence electrons. The van der Waals surface area contributed by atoms with E-state index in [1.807, 2.05) is 6.07 Å². The van der Waals surface area contributed by atoms with Crippen LogP contribution in [0.5, 0.6) is 0 Å². The summed E-state index contributed by atoms with van der Waals surface area (Å²) in [6.45, 7) is -0.909. The largest absolute Gasteiger partial charge is 0.326 e. The molecule has 1 saturated heterocycles. The Morgan fingerprint density at radius 2 is 1.81 bits per heavy atom. The predicted octanol–water partition coefficient (Wildman–Crippen LogP) is 5.57. The van der Waals surface area contributed by atoms with Gasteiger partial charge < -0.3 is 20.1 Å². The lowest BCUT2D eigenvalue weighted by Crippen LogP contribution is -2.58. The average molecular weight is 614 g/mol. The Bertz CT molecular complexity index is 1630. The van der Waals surface area contributed by atoms with E-state index in [0.29, 0.717) is 30.6 Å². The van der Waals surface area contributed by atoms with Gasteiger partial charge in [-0.1, -0.05) is 17.7 Å². The van der Waals surface area contributed by atoms with Crippen molar-refractivity contribution in [3.8, 4) is 11.1 Å². The van der Waals surface area contributed by atoms with Crippen LogP contribution in [0, 0.1) is 0 Å². The topological polar surface area (TPSA) is 96.3 Å². The molecule has 2 N–H and O–H groups in total. The van der Waals surface area contributed by atoms with Crippen molar-refractivity contribution in [3.63, 3.8) is 0 Å². The fourth-order valence-corrected chi connectivity index (χ4v) is 5.46. The second kappa shape index (κ2) is 11.8. The summed E-state index contributed by atoms with van der Waals surface area (Å²) < 4.78 is 41.2. The summed E-state index contributed by atoms with van der Waals surface area (Å²) in [6.07, 6.45) is 5.66. The van der Waals surface area contributed by atoms with Gasteiger partial charge in [0.25, 0.3) is 23.3 Å². The van der Waals surface area contributed by atoms with E-state index < -0.39 is 43.1 Å². The Morgan fingerprint density at radius 3 is 2.49 bits per heavy atom. The molecule has 1 aromatic carbocycles. The maximum Gasteiger partial charge on any atom is 0.282 e. The Hall–Kier alpha value is -3.70. The number of alkyl halides is 3. The highest BCUT2D eigenvalue weighted by atomic mass is 35.5. The SMILES string of the molecule is O=C(Nc1cc(-c2ccc(Cl)cc2C(=O)N2CC(F)(F)C2)cc(C2CC2)n1)c1cc(CNCCCF)cn(C2CC2)c1=O. The van der Waals surface area contributed by atoms with Crippen molar-refractivity contribution in [2.45, 2.75) is 56.5 Å². The molecule has 3 heterocycles. The van der Waals surface area contributed by atoms with Crippen LogP contribution in [-0.4, -0.2) is 58.5 Å². The van der Waals surface area contributed by atoms with E-state index in [0.717, 1.165) is 41.8 Å². The highest BCUT2D eigenvalue weighted by Gasteiger charge is 2.46. The Balaban J connectivity index is 1.31. The van der Waals surface area contributed by atoms with Gasteiger partial charge in [0.2, 0.25) is 0 Å². The molecule has 0 atom stereocenters. The minimum Gasteiger partial charge on any atom is -0.326 e. The van der Waals surface area contributed by atoms with Crippen LogP contribution in [0.25, 0.3) is 11.1 Å². The molecular weight excluding hydrogens is 583 g/mol. The zero-order valence-electron chi connectivity index (χ0n) is 23.3. The molecule has 2 saturated carbocycles. The van der Waals surface area contributed by atoms with E-state index in [2.05, 4.69) is 15.6 Å². The molecule has 0 radical (unpaired) electrons. The molecule has 3 fully saturated rings. The molecule has 2 aliphatic carbocycles. The maximum absolute atomic E-state index is 13.5. The number of benzene rings is 1. The van der Waals surface area contributed by atoms with Gasteiger partial charge in [-0.3, -0.25) is 18.8 Å². The first-order valence-corrected chi connectivity index (χ1v) is 14.8. The molecular formula is C31H31ClF3N5O3. The fourth-order valence-electron chi connectivity index (χ4n) is 5.28. The second-order valence-corrected chi connectivity index (χ2v) is 12.0. The van der Waals surface area contributed by atoms with Gasteiger partial charge in [0.05, 0.1) is 19.8 Å². The number of rotatable bonds is 11. The normalized spacial score (nSPS) is 17.4. The number of hydrogen-bond acceptors (Lipinski definition) is 5. The summed E-state index contributed by atoms with van der Waals surface area (Å²) in [5.74, 6) is -3.71. The van der Waals surface area contributed by atoms with Crippen LogP contribution < -0.4 is 16.2 Å². The molecule has 3 aliphatic rings. The molecule has 8 nitrogen and oxygen atoms in total. The molecule has 0 bridgehead atoms. The number of carbonyl (C=O) groups excluding carboxylic acids is 2. The van der Waals surface area contributed by atoms with E-state index in [4.69, 9.17) is 11.6 Å². The minimum atomic E-state index is -2.92. The highest BCUT2D eigenvalue weighted by Crippen LogP contribution is 2.42. The van der Waals surface area contributed by atoms with Crippen LogP contribution in [0.15, 0.2) is 47.4 Å². The van der Waals surface area contributed by atoms with Crippen molar-refractivity contribution in [2.75, 3.05) is 31.6 Å². The third kappa shape index (κ3) is 6.62. The van der Waals surface area contributed by atoms with Gasteiger partial charge in [-0.2, -0.15) is 0 Å². The number of anilines is 1. The molecule has 2 aromatic heterocycles. The number of carbonyl (C=O) groups is 2. The summed E-state index contributed by atoms with van der Waals surface area (Å²) in [7, 11) is 0. The molecule has 6 rings (SSSR count). The van der Waals surface area contributed by atoms with Crippen molar-refractivity contribution in [2.24, 2.45) is 0 Å². The van der Waals surface area contributed by atoms with E-state index in [9.17, 15) is 27.6 Å². The summed E-state index contributed by atoms with van der Waals surface area (Å²) in [5.41, 5.74) is 2.24.